The van der Waals surface area contributed by atoms with Gasteiger partial charge in [-0.2, -0.15) is 0 Å². The van der Waals surface area contributed by atoms with Crippen molar-refractivity contribution in [3.05, 3.63) is 63.1 Å². The highest BCUT2D eigenvalue weighted by molar-refractivity contribution is 9.10. The van der Waals surface area contributed by atoms with Gasteiger partial charge in [-0.05, 0) is 54.8 Å². The molecular weight excluding hydrogens is 332 g/mol. The molecule has 0 atom stereocenters. The van der Waals surface area contributed by atoms with Crippen LogP contribution in [-0.4, -0.2) is 11.0 Å². The fourth-order valence-electron chi connectivity index (χ4n) is 2.17. The molecule has 0 fully saturated rings. The predicted molar refractivity (Wildman–Crippen MR) is 86.9 cm³/mol. The summed E-state index contributed by atoms with van der Waals surface area (Å²) in [4.78, 5) is 0. The van der Waals surface area contributed by atoms with E-state index in [4.69, 9.17) is 15.7 Å². The number of oxime groups is 1. The van der Waals surface area contributed by atoms with Gasteiger partial charge < -0.3 is 15.7 Å². The molecule has 0 unspecified atom stereocenters. The molecule has 2 aromatic carbocycles. The van der Waals surface area contributed by atoms with Gasteiger partial charge in [0.05, 0.1) is 0 Å². The standard InChI is InChI=1S/C16H17BrN2O2/c1-10-6-13(16(18)19-20)7-11(2)15(10)21-9-12-4-3-5-14(17)8-12/h3-8,20H,9H2,1-2H3,(H2,18,19). The maximum atomic E-state index is 8.74. The number of rotatable bonds is 4. The average molecular weight is 349 g/mol. The van der Waals surface area contributed by atoms with Crippen LogP contribution in [0.3, 0.4) is 0 Å². The minimum absolute atomic E-state index is 0.0970. The average Bonchev–Trinajstić information content (AvgIpc) is 2.45. The molecule has 0 aliphatic heterocycles. The van der Waals surface area contributed by atoms with E-state index in [0.29, 0.717) is 12.2 Å². The van der Waals surface area contributed by atoms with E-state index in [-0.39, 0.29) is 5.84 Å². The fourth-order valence-corrected chi connectivity index (χ4v) is 2.61. The monoisotopic (exact) mass is 348 g/mol. The number of nitrogens with two attached hydrogens (primary N) is 1. The van der Waals surface area contributed by atoms with Gasteiger partial charge in [0.25, 0.3) is 0 Å². The number of nitrogens with zero attached hydrogens (tertiary/aromatic N) is 1. The molecule has 0 aromatic heterocycles. The summed E-state index contributed by atoms with van der Waals surface area (Å²) in [6, 6.07) is 11.7. The Bertz CT molecular complexity index is 661. The van der Waals surface area contributed by atoms with Crippen molar-refractivity contribution in [2.75, 3.05) is 0 Å². The number of ether oxygens (including phenoxy) is 1. The number of hydrogen-bond donors (Lipinski definition) is 2. The Balaban J connectivity index is 2.21. The van der Waals surface area contributed by atoms with Crippen molar-refractivity contribution in [3.8, 4) is 5.75 Å². The molecule has 0 aliphatic rings. The third kappa shape index (κ3) is 3.76. The highest BCUT2D eigenvalue weighted by atomic mass is 79.9. The second kappa shape index (κ2) is 6.63. The van der Waals surface area contributed by atoms with Gasteiger partial charge in [0.2, 0.25) is 0 Å². The zero-order chi connectivity index (χ0) is 15.4. The van der Waals surface area contributed by atoms with E-state index in [1.165, 1.54) is 0 Å². The van der Waals surface area contributed by atoms with E-state index in [2.05, 4.69) is 21.1 Å². The molecule has 3 N–H and O–H groups in total. The Morgan fingerprint density at radius 2 is 1.90 bits per heavy atom. The molecule has 0 aliphatic carbocycles. The van der Waals surface area contributed by atoms with E-state index in [9.17, 15) is 0 Å². The van der Waals surface area contributed by atoms with Crippen molar-refractivity contribution in [1.29, 1.82) is 0 Å². The van der Waals surface area contributed by atoms with Gasteiger partial charge in [-0.15, -0.1) is 0 Å². The van der Waals surface area contributed by atoms with Crippen LogP contribution in [0.2, 0.25) is 0 Å². The molecule has 2 rings (SSSR count). The van der Waals surface area contributed by atoms with Crippen molar-refractivity contribution >= 4 is 21.8 Å². The molecule has 5 heteroatoms. The molecule has 0 heterocycles. The second-order valence-electron chi connectivity index (χ2n) is 4.84. The zero-order valence-corrected chi connectivity index (χ0v) is 13.5. The third-order valence-electron chi connectivity index (χ3n) is 3.14. The van der Waals surface area contributed by atoms with Gasteiger partial charge in [0.1, 0.15) is 12.4 Å². The number of halogens is 1. The van der Waals surface area contributed by atoms with Gasteiger partial charge in [-0.1, -0.05) is 33.2 Å². The summed E-state index contributed by atoms with van der Waals surface area (Å²) in [5.74, 6) is 0.921. The quantitative estimate of drug-likeness (QED) is 0.382. The first kappa shape index (κ1) is 15.4. The van der Waals surface area contributed by atoms with Gasteiger partial charge in [0, 0.05) is 10.0 Å². The van der Waals surface area contributed by atoms with E-state index in [1.54, 1.807) is 0 Å². The Kier molecular flexibility index (Phi) is 4.85. The normalized spacial score (nSPS) is 11.5. The third-order valence-corrected chi connectivity index (χ3v) is 3.63. The number of hydrogen-bond acceptors (Lipinski definition) is 3. The molecule has 0 saturated carbocycles. The van der Waals surface area contributed by atoms with Crippen LogP contribution in [0, 0.1) is 13.8 Å². The zero-order valence-electron chi connectivity index (χ0n) is 11.9. The summed E-state index contributed by atoms with van der Waals surface area (Å²) in [6.07, 6.45) is 0. The van der Waals surface area contributed by atoms with Crippen LogP contribution in [0.1, 0.15) is 22.3 Å². The van der Waals surface area contributed by atoms with Crippen LogP contribution in [0.5, 0.6) is 5.75 Å². The summed E-state index contributed by atoms with van der Waals surface area (Å²) in [5.41, 5.74) is 9.29. The van der Waals surface area contributed by atoms with Gasteiger partial charge in [-0.3, -0.25) is 0 Å². The van der Waals surface area contributed by atoms with Gasteiger partial charge in [0.15, 0.2) is 5.84 Å². The maximum absolute atomic E-state index is 8.74. The summed E-state index contributed by atoms with van der Waals surface area (Å²) in [6.45, 7) is 4.37. The molecule has 0 saturated heterocycles. The summed E-state index contributed by atoms with van der Waals surface area (Å²) in [5, 5.41) is 11.8. The second-order valence-corrected chi connectivity index (χ2v) is 5.76. The minimum atomic E-state index is 0.0970. The minimum Gasteiger partial charge on any atom is -0.488 e. The molecule has 110 valence electrons. The Morgan fingerprint density at radius 3 is 2.48 bits per heavy atom. The topological polar surface area (TPSA) is 67.8 Å². The molecule has 0 amide bonds. The van der Waals surface area contributed by atoms with Crippen LogP contribution in [-0.2, 0) is 6.61 Å². The van der Waals surface area contributed by atoms with Gasteiger partial charge >= 0.3 is 0 Å². The highest BCUT2D eigenvalue weighted by Crippen LogP contribution is 2.26. The summed E-state index contributed by atoms with van der Waals surface area (Å²) >= 11 is 3.44. The van der Waals surface area contributed by atoms with Crippen molar-refractivity contribution in [2.24, 2.45) is 10.9 Å². The maximum Gasteiger partial charge on any atom is 0.170 e. The molecule has 0 radical (unpaired) electrons. The first-order chi connectivity index (χ1) is 10.0. The van der Waals surface area contributed by atoms with Crippen molar-refractivity contribution in [3.63, 3.8) is 0 Å². The lowest BCUT2D eigenvalue weighted by molar-refractivity contribution is 0.302. The first-order valence-corrected chi connectivity index (χ1v) is 7.27. The fraction of sp³-hybridized carbons (Fsp3) is 0.188. The molecule has 0 spiro atoms. The Morgan fingerprint density at radius 1 is 1.24 bits per heavy atom. The smallest absolute Gasteiger partial charge is 0.170 e. The number of amidine groups is 1. The van der Waals surface area contributed by atoms with Crippen LogP contribution in [0.15, 0.2) is 46.0 Å². The van der Waals surface area contributed by atoms with E-state index < -0.39 is 0 Å². The van der Waals surface area contributed by atoms with Crippen molar-refractivity contribution in [1.82, 2.24) is 0 Å². The molecule has 2 aromatic rings. The van der Waals surface area contributed by atoms with Crippen LogP contribution in [0.4, 0.5) is 0 Å². The Hall–Kier alpha value is -2.01. The highest BCUT2D eigenvalue weighted by Gasteiger charge is 2.09. The van der Waals surface area contributed by atoms with Crippen molar-refractivity contribution in [2.45, 2.75) is 20.5 Å². The lowest BCUT2D eigenvalue weighted by Crippen LogP contribution is -2.14. The number of benzene rings is 2. The molecule has 0 bridgehead atoms. The van der Waals surface area contributed by atoms with E-state index >= 15 is 0 Å². The molecular formula is C16H17BrN2O2. The van der Waals surface area contributed by atoms with E-state index in [0.717, 1.165) is 26.9 Å². The predicted octanol–water partition coefficient (Wildman–Crippen LogP) is 3.74. The first-order valence-electron chi connectivity index (χ1n) is 6.47. The SMILES string of the molecule is Cc1cc(C(N)=NO)cc(C)c1OCc1cccc(Br)c1. The van der Waals surface area contributed by atoms with Crippen LogP contribution >= 0.6 is 15.9 Å². The van der Waals surface area contributed by atoms with E-state index in [1.807, 2.05) is 50.2 Å². The van der Waals surface area contributed by atoms with Gasteiger partial charge in [-0.25, -0.2) is 0 Å². The lowest BCUT2D eigenvalue weighted by Gasteiger charge is -2.14. The summed E-state index contributed by atoms with van der Waals surface area (Å²) in [7, 11) is 0. The van der Waals surface area contributed by atoms with Crippen LogP contribution < -0.4 is 10.5 Å². The van der Waals surface area contributed by atoms with Crippen LogP contribution in [0.25, 0.3) is 0 Å². The largest absolute Gasteiger partial charge is 0.488 e. The van der Waals surface area contributed by atoms with Crippen molar-refractivity contribution < 1.29 is 9.94 Å². The molecule has 4 nitrogen and oxygen atoms in total. The Labute approximate surface area is 132 Å². The molecule has 21 heavy (non-hydrogen) atoms. The number of aryl methyl sites for hydroxylation is 2. The summed E-state index contributed by atoms with van der Waals surface area (Å²) < 4.78 is 6.94. The lowest BCUT2D eigenvalue weighted by atomic mass is 10.1.